The molecule has 0 saturated carbocycles. The summed E-state index contributed by atoms with van der Waals surface area (Å²) in [5.74, 6) is 0.189. The molecule has 0 radical (unpaired) electrons. The van der Waals surface area contributed by atoms with Gasteiger partial charge in [-0.1, -0.05) is 0 Å². The van der Waals surface area contributed by atoms with Crippen LogP contribution in [0.15, 0.2) is 11.4 Å². The Morgan fingerprint density at radius 1 is 1.33 bits per heavy atom. The predicted molar refractivity (Wildman–Crippen MR) is 85.6 cm³/mol. The summed E-state index contributed by atoms with van der Waals surface area (Å²) < 4.78 is 10.6. The quantitative estimate of drug-likeness (QED) is 0.724. The third-order valence-electron chi connectivity index (χ3n) is 3.85. The van der Waals surface area contributed by atoms with Crippen LogP contribution < -0.4 is 21.1 Å². The summed E-state index contributed by atoms with van der Waals surface area (Å²) in [5, 5.41) is 0.458. The molecule has 1 saturated heterocycles. The first-order valence-electron chi connectivity index (χ1n) is 7.36. The van der Waals surface area contributed by atoms with Crippen molar-refractivity contribution >= 4 is 29.6 Å². The van der Waals surface area contributed by atoms with Crippen LogP contribution >= 0.6 is 11.8 Å². The Bertz CT molecular complexity index is 651. The van der Waals surface area contributed by atoms with Crippen LogP contribution in [0.4, 0.5) is 15.3 Å². The highest BCUT2D eigenvalue weighted by Gasteiger charge is 2.41. The van der Waals surface area contributed by atoms with Crippen LogP contribution in [0, 0.1) is 0 Å². The van der Waals surface area contributed by atoms with E-state index in [0.29, 0.717) is 36.6 Å². The van der Waals surface area contributed by atoms with Gasteiger partial charge < -0.3 is 25.8 Å². The van der Waals surface area contributed by atoms with Gasteiger partial charge in [0.15, 0.2) is 0 Å². The average Bonchev–Trinajstić information content (AvgIpc) is 2.93. The maximum absolute atomic E-state index is 12.3. The SMILES string of the molecule is COc1ncnc2c1N(C(N)=O)C(OC(=O)N1CCC(N)CC1)S2. The minimum absolute atomic E-state index is 0.0980. The van der Waals surface area contributed by atoms with Gasteiger partial charge in [0.05, 0.1) is 7.11 Å². The number of hydrogen-bond acceptors (Lipinski definition) is 8. The van der Waals surface area contributed by atoms with Gasteiger partial charge in [0.25, 0.3) is 0 Å². The van der Waals surface area contributed by atoms with Crippen molar-refractivity contribution < 1.29 is 19.1 Å². The van der Waals surface area contributed by atoms with Crippen molar-refractivity contribution in [3.05, 3.63) is 6.33 Å². The maximum Gasteiger partial charge on any atom is 0.412 e. The number of hydrogen-bond donors (Lipinski definition) is 2. The highest BCUT2D eigenvalue weighted by molar-refractivity contribution is 8.00. The standard InChI is InChI=1S/C13H18N6O4S/c1-22-9-8-10(17-6-16-9)24-13(19(8)11(15)20)23-12(21)18-4-2-7(14)3-5-18/h6-7,13H,2-5,14H2,1H3,(H2,15,20). The van der Waals surface area contributed by atoms with Gasteiger partial charge in [-0.2, -0.15) is 4.98 Å². The first-order valence-corrected chi connectivity index (χ1v) is 8.24. The smallest absolute Gasteiger partial charge is 0.412 e. The fraction of sp³-hybridized carbons (Fsp3) is 0.538. The molecule has 1 atom stereocenters. The lowest BCUT2D eigenvalue weighted by atomic mass is 10.1. The van der Waals surface area contributed by atoms with Crippen LogP contribution in [0.1, 0.15) is 12.8 Å². The number of carbonyl (C=O) groups is 2. The fourth-order valence-corrected chi connectivity index (χ4v) is 3.62. The number of amides is 3. The molecule has 11 heteroatoms. The summed E-state index contributed by atoms with van der Waals surface area (Å²) in [7, 11) is 1.42. The summed E-state index contributed by atoms with van der Waals surface area (Å²) in [6, 6.07) is -0.686. The van der Waals surface area contributed by atoms with E-state index in [-0.39, 0.29) is 11.9 Å². The molecule has 0 spiro atoms. The van der Waals surface area contributed by atoms with Crippen molar-refractivity contribution in [1.29, 1.82) is 0 Å². The highest BCUT2D eigenvalue weighted by atomic mass is 32.2. The van der Waals surface area contributed by atoms with Gasteiger partial charge in [0.2, 0.25) is 11.4 Å². The van der Waals surface area contributed by atoms with Crippen molar-refractivity contribution in [1.82, 2.24) is 14.9 Å². The number of nitrogens with two attached hydrogens (primary N) is 2. The summed E-state index contributed by atoms with van der Waals surface area (Å²) in [4.78, 5) is 34.9. The molecule has 130 valence electrons. The third kappa shape index (κ3) is 3.04. The molecule has 3 rings (SSSR count). The number of thioether (sulfide) groups is 1. The van der Waals surface area contributed by atoms with E-state index in [1.807, 2.05) is 0 Å². The third-order valence-corrected chi connectivity index (χ3v) is 4.88. The van der Waals surface area contributed by atoms with Crippen molar-refractivity contribution in [2.24, 2.45) is 11.5 Å². The normalized spacial score (nSPS) is 20.7. The molecule has 0 bridgehead atoms. The predicted octanol–water partition coefficient (Wildman–Crippen LogP) is 0.319. The van der Waals surface area contributed by atoms with Gasteiger partial charge in [0, 0.05) is 19.1 Å². The molecule has 1 aromatic heterocycles. The first kappa shape index (κ1) is 16.6. The Morgan fingerprint density at radius 3 is 2.67 bits per heavy atom. The Labute approximate surface area is 142 Å². The Hall–Kier alpha value is -2.27. The number of rotatable bonds is 2. The van der Waals surface area contributed by atoms with Gasteiger partial charge in [-0.05, 0) is 24.6 Å². The molecule has 1 unspecified atom stereocenters. The number of urea groups is 1. The number of likely N-dealkylation sites (tertiary alicyclic amines) is 1. The molecule has 3 heterocycles. The maximum atomic E-state index is 12.3. The van der Waals surface area contributed by atoms with Crippen molar-refractivity contribution in [3.8, 4) is 5.88 Å². The largest absolute Gasteiger partial charge is 0.479 e. The number of nitrogens with zero attached hydrogens (tertiary/aromatic N) is 4. The minimum atomic E-state index is -0.953. The molecular formula is C13H18N6O4S. The molecule has 1 aromatic rings. The number of methoxy groups -OCH3 is 1. The van der Waals surface area contributed by atoms with E-state index < -0.39 is 17.7 Å². The van der Waals surface area contributed by atoms with E-state index in [4.69, 9.17) is 20.9 Å². The molecule has 2 aliphatic rings. The van der Waals surface area contributed by atoms with Crippen molar-refractivity contribution in [2.75, 3.05) is 25.1 Å². The van der Waals surface area contributed by atoms with E-state index in [1.54, 1.807) is 4.90 Å². The van der Waals surface area contributed by atoms with Gasteiger partial charge in [-0.25, -0.2) is 19.5 Å². The summed E-state index contributed by atoms with van der Waals surface area (Å²) in [6.45, 7) is 1.04. The number of aromatic nitrogens is 2. The van der Waals surface area contributed by atoms with Gasteiger partial charge in [-0.3, -0.25) is 0 Å². The summed E-state index contributed by atoms with van der Waals surface area (Å²) in [5.41, 5.74) is 10.6. The zero-order chi connectivity index (χ0) is 17.3. The van der Waals surface area contributed by atoms with E-state index in [9.17, 15) is 9.59 Å². The molecular weight excluding hydrogens is 336 g/mol. The topological polar surface area (TPSA) is 137 Å². The van der Waals surface area contributed by atoms with Gasteiger partial charge in [-0.15, -0.1) is 0 Å². The van der Waals surface area contributed by atoms with Crippen molar-refractivity contribution in [3.63, 3.8) is 0 Å². The van der Waals surface area contributed by atoms with Crippen molar-refractivity contribution in [2.45, 2.75) is 29.5 Å². The molecule has 1 fully saturated rings. The minimum Gasteiger partial charge on any atom is -0.479 e. The molecule has 3 amide bonds. The van der Waals surface area contributed by atoms with Crippen LogP contribution in [-0.4, -0.2) is 58.8 Å². The number of primary amides is 1. The van der Waals surface area contributed by atoms with Gasteiger partial charge in [0.1, 0.15) is 17.0 Å². The fourth-order valence-electron chi connectivity index (χ4n) is 2.58. The lowest BCUT2D eigenvalue weighted by Crippen LogP contribution is -2.47. The lowest BCUT2D eigenvalue weighted by molar-refractivity contribution is 0.0857. The second-order valence-corrected chi connectivity index (χ2v) is 6.40. The van der Waals surface area contributed by atoms with Crippen LogP contribution in [0.25, 0.3) is 0 Å². The van der Waals surface area contributed by atoms with E-state index in [1.165, 1.54) is 13.4 Å². The number of anilines is 1. The summed E-state index contributed by atoms with van der Waals surface area (Å²) >= 11 is 1.09. The van der Waals surface area contributed by atoms with Gasteiger partial charge >= 0.3 is 12.1 Å². The Kier molecular flexibility index (Phi) is 4.62. The Morgan fingerprint density at radius 2 is 2.04 bits per heavy atom. The van der Waals surface area contributed by atoms with Crippen LogP contribution in [-0.2, 0) is 4.74 Å². The second kappa shape index (κ2) is 6.69. The summed E-state index contributed by atoms with van der Waals surface area (Å²) in [6.07, 6.45) is 2.21. The average molecular weight is 354 g/mol. The monoisotopic (exact) mass is 354 g/mol. The van der Waals surface area contributed by atoms with E-state index >= 15 is 0 Å². The van der Waals surface area contributed by atoms with Crippen LogP contribution in [0.5, 0.6) is 5.88 Å². The highest BCUT2D eigenvalue weighted by Crippen LogP contribution is 2.46. The number of ether oxygens (including phenoxy) is 2. The number of piperidine rings is 1. The van der Waals surface area contributed by atoms with E-state index in [2.05, 4.69) is 9.97 Å². The van der Waals surface area contributed by atoms with Crippen LogP contribution in [0.3, 0.4) is 0 Å². The second-order valence-electron chi connectivity index (χ2n) is 5.38. The molecule has 4 N–H and O–H groups in total. The molecule has 0 aromatic carbocycles. The molecule has 24 heavy (non-hydrogen) atoms. The number of carbonyl (C=O) groups excluding carboxylic acids is 2. The zero-order valence-corrected chi connectivity index (χ0v) is 13.9. The molecule has 10 nitrogen and oxygen atoms in total. The molecule has 2 aliphatic heterocycles. The van der Waals surface area contributed by atoms with E-state index in [0.717, 1.165) is 16.7 Å². The Balaban J connectivity index is 1.77. The number of fused-ring (bicyclic) bond motifs is 1. The zero-order valence-electron chi connectivity index (χ0n) is 13.0. The lowest BCUT2D eigenvalue weighted by Gasteiger charge is -2.31. The van der Waals surface area contributed by atoms with Crippen LogP contribution in [0.2, 0.25) is 0 Å². The first-order chi connectivity index (χ1) is 11.5. The molecule has 0 aliphatic carbocycles.